The molecule has 3 aliphatic rings. The third-order valence-electron chi connectivity index (χ3n) is 10.0. The van der Waals surface area contributed by atoms with E-state index in [2.05, 4.69) is 0 Å². The van der Waals surface area contributed by atoms with Gasteiger partial charge < -0.3 is 34.3 Å². The summed E-state index contributed by atoms with van der Waals surface area (Å²) in [5.41, 5.74) is -4.31. The fraction of sp³-hybridized carbons (Fsp3) is 0.500. The molecule has 3 unspecified atom stereocenters. The van der Waals surface area contributed by atoms with Crippen molar-refractivity contribution in [1.29, 1.82) is 0 Å². The normalized spacial score (nSPS) is 34.1. The number of allylic oxidation sites excluding steroid dienone is 1. The van der Waals surface area contributed by atoms with Crippen LogP contribution in [0.25, 0.3) is 0 Å². The fourth-order valence-corrected chi connectivity index (χ4v) is 7.45. The number of hydrogen-bond donors (Lipinski definition) is 3. The zero-order chi connectivity index (χ0) is 34.0. The molecule has 1 heterocycles. The zero-order valence-electron chi connectivity index (χ0n) is 26.8. The summed E-state index contributed by atoms with van der Waals surface area (Å²) in [6.07, 6.45) is -4.37. The molecule has 2 aromatic rings. The first-order chi connectivity index (χ1) is 22.4. The Kier molecular flexibility index (Phi) is 10.0. The maximum absolute atomic E-state index is 14.2. The van der Waals surface area contributed by atoms with Crippen LogP contribution in [0.1, 0.15) is 62.4 Å². The van der Waals surface area contributed by atoms with Gasteiger partial charge in [0.1, 0.15) is 23.9 Å². The van der Waals surface area contributed by atoms with Crippen molar-refractivity contribution in [3.63, 3.8) is 0 Å². The van der Waals surface area contributed by atoms with Gasteiger partial charge in [-0.15, -0.1) is 0 Å². The highest BCUT2D eigenvalue weighted by molar-refractivity contribution is 5.93. The standard InChI is InChI=1S/C36H42O11/c1-4-24-20-35(43,17-18-44-28(39)16-15-23-11-7-5-8-12-23)32(46-33(42)25-13-9-6-10-14-25)30-34(3,31(41)29(24)40)26(38)19-27-36(30,21-45-27)47-22(2)37/h4-14,26-27,29-30,32,38,40,43H,15-21H2,1-3H3/b24-4-/t26-,27?,29+,30?,32?,34+,35-,36-/m0/s1. The second-order valence-electron chi connectivity index (χ2n) is 12.9. The van der Waals surface area contributed by atoms with Gasteiger partial charge in [0.05, 0.1) is 36.2 Å². The van der Waals surface area contributed by atoms with E-state index in [4.69, 9.17) is 18.9 Å². The molecule has 1 aliphatic heterocycles. The minimum Gasteiger partial charge on any atom is -0.466 e. The monoisotopic (exact) mass is 650 g/mol. The van der Waals surface area contributed by atoms with Crippen LogP contribution in [0.2, 0.25) is 0 Å². The number of aryl methyl sites for hydroxylation is 1. The molecule has 1 saturated heterocycles. The number of ether oxygens (including phenoxy) is 4. The molecule has 0 aromatic heterocycles. The number of fused-ring (bicyclic) bond motifs is 3. The van der Waals surface area contributed by atoms with Crippen LogP contribution in [0.5, 0.6) is 0 Å². The summed E-state index contributed by atoms with van der Waals surface area (Å²) >= 11 is 0. The molecule has 0 spiro atoms. The zero-order valence-corrected chi connectivity index (χ0v) is 26.8. The van der Waals surface area contributed by atoms with Gasteiger partial charge in [-0.2, -0.15) is 0 Å². The van der Waals surface area contributed by atoms with Crippen LogP contribution in [-0.2, 0) is 39.8 Å². The van der Waals surface area contributed by atoms with Gasteiger partial charge in [0, 0.05) is 32.6 Å². The smallest absolute Gasteiger partial charge is 0.338 e. The Morgan fingerprint density at radius 2 is 1.70 bits per heavy atom. The molecule has 3 fully saturated rings. The van der Waals surface area contributed by atoms with E-state index in [1.54, 1.807) is 25.1 Å². The SMILES string of the molecule is C/C=C1/C[C@@](O)(CCOC(=O)CCc2ccccc2)C(OC(=O)c2ccccc2)C2[C@]3(OC(C)=O)COC3C[C@H](O)[C@@]2(C)C(=O)[C@@H]1O. The van der Waals surface area contributed by atoms with Crippen molar-refractivity contribution >= 4 is 23.7 Å². The minimum absolute atomic E-state index is 0.0870. The Bertz CT molecular complexity index is 1510. The summed E-state index contributed by atoms with van der Waals surface area (Å²) in [6.45, 7) is 3.72. The van der Waals surface area contributed by atoms with Gasteiger partial charge in [-0.25, -0.2) is 4.79 Å². The number of Topliss-reactive ketones (excluding diaryl/α,β-unsaturated/α-hetero) is 1. The first-order valence-corrected chi connectivity index (χ1v) is 15.9. The predicted octanol–water partition coefficient (Wildman–Crippen LogP) is 2.88. The average molecular weight is 651 g/mol. The highest BCUT2D eigenvalue weighted by atomic mass is 16.6. The van der Waals surface area contributed by atoms with Crippen molar-refractivity contribution in [1.82, 2.24) is 0 Å². The first kappa shape index (κ1) is 34.4. The van der Waals surface area contributed by atoms with Crippen molar-refractivity contribution in [2.45, 2.75) is 88.5 Å². The van der Waals surface area contributed by atoms with Gasteiger partial charge >= 0.3 is 17.9 Å². The van der Waals surface area contributed by atoms with Crippen LogP contribution >= 0.6 is 0 Å². The second kappa shape index (κ2) is 13.7. The van der Waals surface area contributed by atoms with Gasteiger partial charge in [0.2, 0.25) is 0 Å². The van der Waals surface area contributed by atoms with E-state index in [1.165, 1.54) is 32.1 Å². The number of hydrogen-bond acceptors (Lipinski definition) is 11. The summed E-state index contributed by atoms with van der Waals surface area (Å²) < 4.78 is 23.4. The Balaban J connectivity index is 1.56. The van der Waals surface area contributed by atoms with E-state index in [0.717, 1.165) is 5.56 Å². The molecule has 252 valence electrons. The predicted molar refractivity (Wildman–Crippen MR) is 167 cm³/mol. The van der Waals surface area contributed by atoms with Crippen LogP contribution in [0.15, 0.2) is 72.3 Å². The van der Waals surface area contributed by atoms with Crippen molar-refractivity contribution in [2.24, 2.45) is 11.3 Å². The lowest BCUT2D eigenvalue weighted by atomic mass is 9.49. The third kappa shape index (κ3) is 6.49. The lowest BCUT2D eigenvalue weighted by Gasteiger charge is -2.64. The number of carbonyl (C=O) groups excluding carboxylic acids is 4. The number of rotatable bonds is 9. The number of ketones is 1. The number of esters is 3. The van der Waals surface area contributed by atoms with Gasteiger partial charge in [0.15, 0.2) is 11.4 Å². The molecule has 3 N–H and O–H groups in total. The molecule has 5 rings (SSSR count). The van der Waals surface area contributed by atoms with Crippen molar-refractivity contribution in [2.75, 3.05) is 13.2 Å². The van der Waals surface area contributed by atoms with E-state index in [0.29, 0.717) is 6.42 Å². The van der Waals surface area contributed by atoms with Crippen molar-refractivity contribution in [3.05, 3.63) is 83.4 Å². The van der Waals surface area contributed by atoms with Gasteiger partial charge in [0.25, 0.3) is 0 Å². The van der Waals surface area contributed by atoms with E-state index in [1.807, 2.05) is 30.3 Å². The van der Waals surface area contributed by atoms with E-state index in [-0.39, 0.29) is 50.0 Å². The van der Waals surface area contributed by atoms with Gasteiger partial charge in [-0.1, -0.05) is 54.6 Å². The lowest BCUT2D eigenvalue weighted by Crippen LogP contribution is -2.80. The highest BCUT2D eigenvalue weighted by Gasteiger charge is 2.75. The molecule has 11 heteroatoms. The van der Waals surface area contributed by atoms with Crippen LogP contribution in [0.3, 0.4) is 0 Å². The quantitative estimate of drug-likeness (QED) is 0.208. The van der Waals surface area contributed by atoms with Crippen molar-refractivity contribution < 1.29 is 53.4 Å². The Morgan fingerprint density at radius 1 is 1.04 bits per heavy atom. The van der Waals surface area contributed by atoms with E-state index in [9.17, 15) is 34.5 Å². The van der Waals surface area contributed by atoms with Crippen LogP contribution < -0.4 is 0 Å². The summed E-state index contributed by atoms with van der Waals surface area (Å²) in [5.74, 6) is -4.18. The maximum Gasteiger partial charge on any atom is 0.338 e. The Labute approximate surface area is 273 Å². The second-order valence-corrected chi connectivity index (χ2v) is 12.9. The van der Waals surface area contributed by atoms with Crippen molar-refractivity contribution in [3.8, 4) is 0 Å². The third-order valence-corrected chi connectivity index (χ3v) is 10.0. The molecule has 0 amide bonds. The number of aliphatic hydroxyl groups excluding tert-OH is 2. The maximum atomic E-state index is 14.2. The summed E-state index contributed by atoms with van der Waals surface area (Å²) in [6, 6.07) is 17.5. The van der Waals surface area contributed by atoms with Gasteiger partial charge in [-0.05, 0) is 43.5 Å². The lowest BCUT2D eigenvalue weighted by molar-refractivity contribution is -0.340. The number of benzene rings is 2. The van der Waals surface area contributed by atoms with Crippen LogP contribution in [0, 0.1) is 11.3 Å². The summed E-state index contributed by atoms with van der Waals surface area (Å²) in [7, 11) is 0. The average Bonchev–Trinajstić information content (AvgIpc) is 3.06. The molecule has 2 saturated carbocycles. The van der Waals surface area contributed by atoms with Crippen LogP contribution in [0.4, 0.5) is 0 Å². The fourth-order valence-electron chi connectivity index (χ4n) is 7.45. The molecular formula is C36H42O11. The molecular weight excluding hydrogens is 608 g/mol. The molecule has 11 nitrogen and oxygen atoms in total. The molecule has 0 bridgehead atoms. The van der Waals surface area contributed by atoms with Gasteiger partial charge in [-0.3, -0.25) is 14.4 Å². The number of aliphatic hydroxyl groups is 3. The summed E-state index contributed by atoms with van der Waals surface area (Å²) in [5, 5.41) is 35.7. The van der Waals surface area contributed by atoms with E-state index >= 15 is 0 Å². The molecule has 0 radical (unpaired) electrons. The topological polar surface area (TPSA) is 166 Å². The Morgan fingerprint density at radius 3 is 2.30 bits per heavy atom. The first-order valence-electron chi connectivity index (χ1n) is 15.9. The molecule has 2 aliphatic carbocycles. The number of carbonyl (C=O) groups is 4. The molecule has 47 heavy (non-hydrogen) atoms. The highest BCUT2D eigenvalue weighted by Crippen LogP contribution is 2.59. The van der Waals surface area contributed by atoms with E-state index < -0.39 is 70.6 Å². The Hall–Kier alpha value is -3.90. The van der Waals surface area contributed by atoms with Crippen LogP contribution in [-0.4, -0.2) is 87.8 Å². The summed E-state index contributed by atoms with van der Waals surface area (Å²) in [4.78, 5) is 53.3. The molecule has 2 aromatic carbocycles. The largest absolute Gasteiger partial charge is 0.466 e. The molecule has 8 atom stereocenters. The minimum atomic E-state index is -2.08.